The maximum Gasteiger partial charge on any atom is 0.253 e. The lowest BCUT2D eigenvalue weighted by Crippen LogP contribution is -2.37. The summed E-state index contributed by atoms with van der Waals surface area (Å²) in [6.45, 7) is 2.25. The van der Waals surface area contributed by atoms with Gasteiger partial charge < -0.3 is 0 Å². The molecule has 0 saturated carbocycles. The first-order valence-corrected chi connectivity index (χ1v) is 3.90. The minimum absolute atomic E-state index is 0.218. The van der Waals surface area contributed by atoms with E-state index in [0.717, 1.165) is 6.42 Å². The van der Waals surface area contributed by atoms with Crippen LogP contribution >= 0.6 is 0 Å². The molecule has 12 heavy (non-hydrogen) atoms. The quantitative estimate of drug-likeness (QED) is 0.541. The van der Waals surface area contributed by atoms with Crippen LogP contribution in [0.4, 0.5) is 0 Å². The minimum Gasteiger partial charge on any atom is -0.275 e. The molecular formula is C9H11NO2. The Morgan fingerprint density at radius 1 is 1.67 bits per heavy atom. The van der Waals surface area contributed by atoms with Crippen molar-refractivity contribution < 1.29 is 9.59 Å². The summed E-state index contributed by atoms with van der Waals surface area (Å²) < 4.78 is 0. The van der Waals surface area contributed by atoms with E-state index in [2.05, 4.69) is 0 Å². The number of amides is 2. The first kappa shape index (κ1) is 8.71. The largest absolute Gasteiger partial charge is 0.275 e. The number of hydrogen-bond donors (Lipinski definition) is 0. The Labute approximate surface area is 71.4 Å². The molecule has 0 unspecified atom stereocenters. The zero-order valence-electron chi connectivity index (χ0n) is 6.99. The van der Waals surface area contributed by atoms with Gasteiger partial charge in [0, 0.05) is 6.54 Å². The second kappa shape index (κ2) is 3.85. The lowest BCUT2D eigenvalue weighted by molar-refractivity contribution is -0.139. The first-order valence-electron chi connectivity index (χ1n) is 3.90. The van der Waals surface area contributed by atoms with Gasteiger partial charge >= 0.3 is 0 Å². The number of allylic oxidation sites excluding steroid dienone is 1. The van der Waals surface area contributed by atoms with Gasteiger partial charge in [-0.05, 0) is 25.5 Å². The van der Waals surface area contributed by atoms with E-state index in [-0.39, 0.29) is 11.8 Å². The molecule has 64 valence electrons. The topological polar surface area (TPSA) is 37.4 Å². The molecule has 0 fully saturated rings. The Bertz CT molecular complexity index is 253. The summed E-state index contributed by atoms with van der Waals surface area (Å²) >= 11 is 0. The van der Waals surface area contributed by atoms with Crippen LogP contribution in [-0.2, 0) is 9.59 Å². The number of carbonyl (C=O) groups excluding carboxylic acids is 2. The van der Waals surface area contributed by atoms with Crippen LogP contribution in [0.15, 0.2) is 24.3 Å². The Kier molecular flexibility index (Phi) is 2.80. The van der Waals surface area contributed by atoms with E-state index in [0.29, 0.717) is 6.54 Å². The smallest absolute Gasteiger partial charge is 0.253 e. The average molecular weight is 165 g/mol. The molecule has 0 aromatic heterocycles. The third kappa shape index (κ3) is 1.81. The van der Waals surface area contributed by atoms with Crippen LogP contribution in [0.5, 0.6) is 0 Å². The molecule has 3 nitrogen and oxygen atoms in total. The highest BCUT2D eigenvalue weighted by atomic mass is 16.2. The second-order valence-corrected chi connectivity index (χ2v) is 2.52. The van der Waals surface area contributed by atoms with Crippen LogP contribution in [0.25, 0.3) is 0 Å². The van der Waals surface area contributed by atoms with Crippen molar-refractivity contribution in [3.05, 3.63) is 24.3 Å². The molecule has 0 atom stereocenters. The summed E-state index contributed by atoms with van der Waals surface area (Å²) in [4.78, 5) is 23.5. The zero-order valence-corrected chi connectivity index (χ0v) is 6.99. The van der Waals surface area contributed by atoms with Crippen molar-refractivity contribution >= 4 is 11.8 Å². The van der Waals surface area contributed by atoms with Gasteiger partial charge in [-0.2, -0.15) is 0 Å². The summed E-state index contributed by atoms with van der Waals surface area (Å²) in [7, 11) is 0. The molecule has 2 amide bonds. The zero-order chi connectivity index (χ0) is 8.97. The van der Waals surface area contributed by atoms with Crippen LogP contribution in [0.3, 0.4) is 0 Å². The highest BCUT2D eigenvalue weighted by Crippen LogP contribution is 2.03. The van der Waals surface area contributed by atoms with E-state index < -0.39 is 0 Å². The molecule has 1 aliphatic heterocycles. The number of carbonyl (C=O) groups is 2. The fourth-order valence-electron chi connectivity index (χ4n) is 1.04. The third-order valence-electron chi connectivity index (χ3n) is 1.62. The van der Waals surface area contributed by atoms with Gasteiger partial charge in [0.1, 0.15) is 0 Å². The van der Waals surface area contributed by atoms with Crippen LogP contribution in [0.2, 0.25) is 0 Å². The predicted octanol–water partition coefficient (Wildman–Crippen LogP) is 0.878. The average Bonchev–Trinajstić information content (AvgIpc) is 2.05. The second-order valence-electron chi connectivity index (χ2n) is 2.52. The van der Waals surface area contributed by atoms with Gasteiger partial charge in [0.2, 0.25) is 0 Å². The summed E-state index contributed by atoms with van der Waals surface area (Å²) in [6.07, 6.45) is 7.01. The Morgan fingerprint density at radius 3 is 3.00 bits per heavy atom. The molecule has 1 aliphatic rings. The van der Waals surface area contributed by atoms with E-state index in [1.807, 2.05) is 0 Å². The monoisotopic (exact) mass is 165 g/mol. The van der Waals surface area contributed by atoms with Crippen molar-refractivity contribution in [3.63, 3.8) is 0 Å². The Balaban J connectivity index is 2.69. The fourth-order valence-corrected chi connectivity index (χ4v) is 1.04. The lowest BCUT2D eigenvalue weighted by atomic mass is 10.2. The van der Waals surface area contributed by atoms with Crippen molar-refractivity contribution in [3.8, 4) is 0 Å². The SMILES string of the molecule is C/C=C/C(=O)N1CCC=CC1=O. The molecule has 0 N–H and O–H groups in total. The van der Waals surface area contributed by atoms with E-state index in [1.54, 1.807) is 19.1 Å². The van der Waals surface area contributed by atoms with Crippen LogP contribution in [-0.4, -0.2) is 23.3 Å². The molecule has 3 heteroatoms. The Hall–Kier alpha value is -1.38. The van der Waals surface area contributed by atoms with Crippen LogP contribution in [0.1, 0.15) is 13.3 Å². The van der Waals surface area contributed by atoms with Gasteiger partial charge in [-0.25, -0.2) is 0 Å². The van der Waals surface area contributed by atoms with Crippen LogP contribution < -0.4 is 0 Å². The van der Waals surface area contributed by atoms with Gasteiger partial charge in [-0.1, -0.05) is 12.2 Å². The molecular weight excluding hydrogens is 154 g/mol. The van der Waals surface area contributed by atoms with Gasteiger partial charge in [0.05, 0.1) is 0 Å². The molecule has 0 aromatic carbocycles. The van der Waals surface area contributed by atoms with Gasteiger partial charge in [0.25, 0.3) is 11.8 Å². The highest BCUT2D eigenvalue weighted by molar-refractivity contribution is 6.05. The van der Waals surface area contributed by atoms with E-state index in [9.17, 15) is 9.59 Å². The van der Waals surface area contributed by atoms with Crippen molar-refractivity contribution in [2.24, 2.45) is 0 Å². The molecule has 0 spiro atoms. The Morgan fingerprint density at radius 2 is 2.42 bits per heavy atom. The maximum absolute atomic E-state index is 11.2. The summed E-state index contributed by atoms with van der Waals surface area (Å²) in [5, 5.41) is 0. The molecule has 0 aliphatic carbocycles. The van der Waals surface area contributed by atoms with Crippen molar-refractivity contribution in [1.82, 2.24) is 4.90 Å². The standard InChI is InChI=1S/C9H11NO2/c1-2-5-8(11)10-7-4-3-6-9(10)12/h2-3,5-6H,4,7H2,1H3/b5-2+. The summed E-state index contributed by atoms with van der Waals surface area (Å²) in [5.41, 5.74) is 0. The van der Waals surface area contributed by atoms with Gasteiger partial charge in [-0.15, -0.1) is 0 Å². The summed E-state index contributed by atoms with van der Waals surface area (Å²) in [5.74, 6) is -0.448. The molecule has 1 rings (SSSR count). The number of imide groups is 1. The van der Waals surface area contributed by atoms with Crippen molar-refractivity contribution in [2.75, 3.05) is 6.54 Å². The van der Waals surface area contributed by atoms with Crippen LogP contribution in [0, 0.1) is 0 Å². The van der Waals surface area contributed by atoms with Gasteiger partial charge in [-0.3, -0.25) is 14.5 Å². The summed E-state index contributed by atoms with van der Waals surface area (Å²) in [6, 6.07) is 0. The van der Waals surface area contributed by atoms with E-state index in [1.165, 1.54) is 17.1 Å². The molecule has 0 radical (unpaired) electrons. The van der Waals surface area contributed by atoms with Crippen molar-refractivity contribution in [2.45, 2.75) is 13.3 Å². The number of nitrogens with zero attached hydrogens (tertiary/aromatic N) is 1. The lowest BCUT2D eigenvalue weighted by Gasteiger charge is -2.19. The molecule has 1 heterocycles. The van der Waals surface area contributed by atoms with E-state index in [4.69, 9.17) is 0 Å². The van der Waals surface area contributed by atoms with Crippen molar-refractivity contribution in [1.29, 1.82) is 0 Å². The molecule has 0 bridgehead atoms. The minimum atomic E-state index is -0.230. The molecule has 0 saturated heterocycles. The van der Waals surface area contributed by atoms with Gasteiger partial charge in [0.15, 0.2) is 0 Å². The normalized spacial score (nSPS) is 17.4. The van der Waals surface area contributed by atoms with E-state index >= 15 is 0 Å². The highest BCUT2D eigenvalue weighted by Gasteiger charge is 2.18. The first-order chi connectivity index (χ1) is 5.75. The predicted molar refractivity (Wildman–Crippen MR) is 45.3 cm³/mol. The molecule has 0 aromatic rings. The number of rotatable bonds is 1. The maximum atomic E-state index is 11.2. The third-order valence-corrected chi connectivity index (χ3v) is 1.62. The number of hydrogen-bond acceptors (Lipinski definition) is 2. The fraction of sp³-hybridized carbons (Fsp3) is 0.333.